The number of hydrogen-bond acceptors (Lipinski definition) is 2. The number of hydrogen-bond donors (Lipinski definition) is 0. The summed E-state index contributed by atoms with van der Waals surface area (Å²) in [5.41, 5.74) is 2.26. The minimum atomic E-state index is 0.599. The van der Waals surface area contributed by atoms with Gasteiger partial charge in [0.15, 0.2) is 0 Å². The van der Waals surface area contributed by atoms with Crippen LogP contribution in [-0.2, 0) is 0 Å². The van der Waals surface area contributed by atoms with Crippen LogP contribution in [0.3, 0.4) is 0 Å². The molecule has 1 aliphatic heterocycles. The van der Waals surface area contributed by atoms with E-state index in [1.807, 2.05) is 12.1 Å². The van der Waals surface area contributed by atoms with Gasteiger partial charge in [0.2, 0.25) is 0 Å². The Balaban J connectivity index is 1.94. The largest absolute Gasteiger partial charge is 0.303 e. The molecule has 2 aromatic heterocycles. The Bertz CT molecular complexity index is 534. The first-order valence-electron chi connectivity index (χ1n) is 6.14. The van der Waals surface area contributed by atoms with Gasteiger partial charge in [0.1, 0.15) is 5.65 Å². The van der Waals surface area contributed by atoms with Crippen molar-refractivity contribution in [3.05, 3.63) is 34.7 Å². The van der Waals surface area contributed by atoms with Crippen molar-refractivity contribution in [3.8, 4) is 0 Å². The van der Waals surface area contributed by atoms with Crippen molar-refractivity contribution >= 4 is 21.6 Å². The molecule has 0 N–H and O–H groups in total. The zero-order valence-electron chi connectivity index (χ0n) is 9.93. The summed E-state index contributed by atoms with van der Waals surface area (Å²) in [7, 11) is 0. The second kappa shape index (κ2) is 4.42. The fraction of sp³-hybridized carbons (Fsp3) is 0.462. The van der Waals surface area contributed by atoms with Crippen molar-refractivity contribution in [1.29, 1.82) is 0 Å². The van der Waals surface area contributed by atoms with Gasteiger partial charge in [-0.2, -0.15) is 0 Å². The number of rotatable bonds is 2. The van der Waals surface area contributed by atoms with Crippen LogP contribution in [-0.4, -0.2) is 33.9 Å². The number of likely N-dealkylation sites (tertiary alicyclic amines) is 1. The molecule has 1 unspecified atom stereocenters. The maximum absolute atomic E-state index is 4.73. The predicted molar refractivity (Wildman–Crippen MR) is 72.4 cm³/mol. The molecule has 3 nitrogen and oxygen atoms in total. The third kappa shape index (κ3) is 2.00. The average Bonchev–Trinajstić information content (AvgIpc) is 2.95. The lowest BCUT2D eigenvalue weighted by molar-refractivity contribution is 0.353. The van der Waals surface area contributed by atoms with Crippen LogP contribution < -0.4 is 0 Å². The summed E-state index contributed by atoms with van der Waals surface area (Å²) in [4.78, 5) is 7.22. The van der Waals surface area contributed by atoms with Crippen LogP contribution in [0.25, 0.3) is 5.65 Å². The number of imidazole rings is 1. The molecule has 0 saturated carbocycles. The van der Waals surface area contributed by atoms with Gasteiger partial charge in [0.25, 0.3) is 0 Å². The molecule has 2 aromatic rings. The Morgan fingerprint density at radius 1 is 1.47 bits per heavy atom. The summed E-state index contributed by atoms with van der Waals surface area (Å²) in [5, 5.41) is 0. The first-order valence-corrected chi connectivity index (χ1v) is 6.93. The Morgan fingerprint density at radius 3 is 3.06 bits per heavy atom. The molecule has 1 atom stereocenters. The van der Waals surface area contributed by atoms with Gasteiger partial charge in [-0.3, -0.25) is 4.40 Å². The van der Waals surface area contributed by atoms with Gasteiger partial charge in [-0.15, -0.1) is 0 Å². The normalized spacial score (nSPS) is 21.4. The van der Waals surface area contributed by atoms with E-state index in [9.17, 15) is 0 Å². The van der Waals surface area contributed by atoms with Gasteiger partial charge < -0.3 is 4.90 Å². The first-order chi connectivity index (χ1) is 8.28. The molecule has 1 saturated heterocycles. The van der Waals surface area contributed by atoms with Gasteiger partial charge in [0, 0.05) is 18.7 Å². The summed E-state index contributed by atoms with van der Waals surface area (Å²) >= 11 is 3.56. The van der Waals surface area contributed by atoms with Crippen molar-refractivity contribution in [2.45, 2.75) is 19.3 Å². The second-order valence-corrected chi connectivity index (χ2v) is 5.43. The predicted octanol–water partition coefficient (Wildman–Crippen LogP) is 2.91. The lowest BCUT2D eigenvalue weighted by atomic mass is 10.1. The van der Waals surface area contributed by atoms with Crippen molar-refractivity contribution in [3.63, 3.8) is 0 Å². The lowest BCUT2D eigenvalue weighted by Gasteiger charge is -2.11. The number of nitrogens with zero attached hydrogens (tertiary/aromatic N) is 3. The Kier molecular flexibility index (Phi) is 2.92. The molecule has 0 radical (unpaired) electrons. The minimum Gasteiger partial charge on any atom is -0.303 e. The third-order valence-corrected chi connectivity index (χ3v) is 4.25. The first kappa shape index (κ1) is 11.2. The number of likely N-dealkylation sites (N-methyl/N-ethyl adjacent to an activating group) is 1. The minimum absolute atomic E-state index is 0.599. The molecule has 0 bridgehead atoms. The monoisotopic (exact) mass is 293 g/mol. The summed E-state index contributed by atoms with van der Waals surface area (Å²) in [6, 6.07) is 6.13. The highest BCUT2D eigenvalue weighted by Gasteiger charge is 2.24. The van der Waals surface area contributed by atoms with Gasteiger partial charge in [0.05, 0.1) is 10.3 Å². The Hall–Kier alpha value is -0.870. The summed E-state index contributed by atoms with van der Waals surface area (Å²) in [5.74, 6) is 0.599. The van der Waals surface area contributed by atoms with Crippen LogP contribution >= 0.6 is 15.9 Å². The maximum Gasteiger partial charge on any atom is 0.137 e. The second-order valence-electron chi connectivity index (χ2n) is 4.62. The van der Waals surface area contributed by atoms with Crippen molar-refractivity contribution < 1.29 is 0 Å². The van der Waals surface area contributed by atoms with Crippen LogP contribution in [0.2, 0.25) is 0 Å². The molecule has 1 aliphatic rings. The Morgan fingerprint density at radius 2 is 2.35 bits per heavy atom. The van der Waals surface area contributed by atoms with Crippen molar-refractivity contribution in [1.82, 2.24) is 14.3 Å². The third-order valence-electron chi connectivity index (χ3n) is 3.60. The van der Waals surface area contributed by atoms with Crippen LogP contribution in [0.4, 0.5) is 0 Å². The summed E-state index contributed by atoms with van der Waals surface area (Å²) < 4.78 is 3.18. The van der Waals surface area contributed by atoms with Crippen LogP contribution in [0.1, 0.15) is 25.0 Å². The zero-order valence-corrected chi connectivity index (χ0v) is 11.5. The van der Waals surface area contributed by atoms with E-state index in [4.69, 9.17) is 4.98 Å². The van der Waals surface area contributed by atoms with Crippen LogP contribution in [0, 0.1) is 0 Å². The van der Waals surface area contributed by atoms with E-state index in [-0.39, 0.29) is 0 Å². The van der Waals surface area contributed by atoms with Crippen LogP contribution in [0.15, 0.2) is 29.0 Å². The SMILES string of the molecule is CCN1CCC(c2cn3c(Br)cccc3n2)C1. The van der Waals surface area contributed by atoms with E-state index >= 15 is 0 Å². The molecule has 0 aliphatic carbocycles. The summed E-state index contributed by atoms with van der Waals surface area (Å²) in [6.45, 7) is 5.73. The molecule has 0 amide bonds. The van der Waals surface area contributed by atoms with Gasteiger partial charge in [-0.05, 0) is 47.6 Å². The van der Waals surface area contributed by atoms with Gasteiger partial charge in [-0.1, -0.05) is 13.0 Å². The molecule has 3 heterocycles. The molecule has 0 spiro atoms. The quantitative estimate of drug-likeness (QED) is 0.794. The molecule has 90 valence electrons. The number of halogens is 1. The standard InChI is InChI=1S/C13H16BrN3/c1-2-16-7-6-10(8-16)11-9-17-12(14)4-3-5-13(17)15-11/h3-5,9-10H,2,6-8H2,1H3. The number of pyridine rings is 1. The van der Waals surface area contributed by atoms with Crippen molar-refractivity contribution in [2.75, 3.05) is 19.6 Å². The molecule has 17 heavy (non-hydrogen) atoms. The molecule has 3 rings (SSSR count). The smallest absolute Gasteiger partial charge is 0.137 e. The molecular formula is C13H16BrN3. The van der Waals surface area contributed by atoms with Crippen molar-refractivity contribution in [2.24, 2.45) is 0 Å². The number of aromatic nitrogens is 2. The van der Waals surface area contributed by atoms with E-state index in [0.29, 0.717) is 5.92 Å². The molecule has 4 heteroatoms. The topological polar surface area (TPSA) is 20.5 Å². The highest BCUT2D eigenvalue weighted by Crippen LogP contribution is 2.27. The van der Waals surface area contributed by atoms with E-state index in [2.05, 4.69) is 44.4 Å². The highest BCUT2D eigenvalue weighted by molar-refractivity contribution is 9.10. The van der Waals surface area contributed by atoms with Gasteiger partial charge in [-0.25, -0.2) is 4.98 Å². The van der Waals surface area contributed by atoms with E-state index in [0.717, 1.165) is 23.3 Å². The molecule has 1 fully saturated rings. The van der Waals surface area contributed by atoms with E-state index in [1.54, 1.807) is 0 Å². The Labute approximate surface area is 110 Å². The fourth-order valence-electron chi connectivity index (χ4n) is 2.55. The molecule has 0 aromatic carbocycles. The molecular weight excluding hydrogens is 278 g/mol. The lowest BCUT2D eigenvalue weighted by Crippen LogP contribution is -2.19. The fourth-order valence-corrected chi connectivity index (χ4v) is 2.99. The van der Waals surface area contributed by atoms with E-state index in [1.165, 1.54) is 18.7 Å². The highest BCUT2D eigenvalue weighted by atomic mass is 79.9. The number of fused-ring (bicyclic) bond motifs is 1. The van der Waals surface area contributed by atoms with E-state index < -0.39 is 0 Å². The summed E-state index contributed by atoms with van der Waals surface area (Å²) in [6.07, 6.45) is 3.40. The van der Waals surface area contributed by atoms with Gasteiger partial charge >= 0.3 is 0 Å². The van der Waals surface area contributed by atoms with Crippen LogP contribution in [0.5, 0.6) is 0 Å². The average molecular weight is 294 g/mol. The maximum atomic E-state index is 4.73. The zero-order chi connectivity index (χ0) is 11.8.